The van der Waals surface area contributed by atoms with E-state index in [1.54, 1.807) is 7.11 Å². The predicted octanol–water partition coefficient (Wildman–Crippen LogP) is 4.40. The van der Waals surface area contributed by atoms with Crippen LogP contribution >= 0.6 is 0 Å². The molecular formula is C26H43N5O5S. The van der Waals surface area contributed by atoms with Gasteiger partial charge in [-0.25, -0.2) is 13.1 Å². The molecule has 1 N–H and O–H groups in total. The summed E-state index contributed by atoms with van der Waals surface area (Å²) < 4.78 is 35.1. The Kier molecular flexibility index (Phi) is 12.0. The van der Waals surface area contributed by atoms with Crippen molar-refractivity contribution < 1.29 is 22.7 Å². The lowest BCUT2D eigenvalue weighted by Gasteiger charge is -2.12. The molecule has 10 nitrogen and oxygen atoms in total. The van der Waals surface area contributed by atoms with Crippen LogP contribution in [0.3, 0.4) is 0 Å². The number of sulfonamides is 1. The van der Waals surface area contributed by atoms with Crippen LogP contribution < -0.4 is 9.46 Å². The SMILES string of the molecule is CC(C)C(=O)OC1CCCC1.CC(C)NS(=O)(=O)C1CC1.COc1ccc(-n2nnc(C(C)C)n2)cc1. The van der Waals surface area contributed by atoms with Gasteiger partial charge in [-0.15, -0.1) is 15.0 Å². The van der Waals surface area contributed by atoms with Gasteiger partial charge in [0.15, 0.2) is 5.82 Å². The highest BCUT2D eigenvalue weighted by atomic mass is 32.2. The summed E-state index contributed by atoms with van der Waals surface area (Å²) in [4.78, 5) is 12.6. The van der Waals surface area contributed by atoms with Crippen LogP contribution in [0.25, 0.3) is 5.69 Å². The fourth-order valence-corrected chi connectivity index (χ4v) is 5.00. The summed E-state index contributed by atoms with van der Waals surface area (Å²) >= 11 is 0. The van der Waals surface area contributed by atoms with Crippen LogP contribution in [0.5, 0.6) is 5.75 Å². The third kappa shape index (κ3) is 10.8. The van der Waals surface area contributed by atoms with Gasteiger partial charge in [0.2, 0.25) is 10.0 Å². The molecule has 2 fully saturated rings. The van der Waals surface area contributed by atoms with Crippen LogP contribution in [0.15, 0.2) is 24.3 Å². The van der Waals surface area contributed by atoms with Crippen LogP contribution in [0, 0.1) is 5.92 Å². The Morgan fingerprint density at radius 3 is 2.03 bits per heavy atom. The molecule has 0 unspecified atom stereocenters. The van der Waals surface area contributed by atoms with Crippen molar-refractivity contribution in [3.63, 3.8) is 0 Å². The summed E-state index contributed by atoms with van der Waals surface area (Å²) in [6.45, 7) is 11.5. The fraction of sp³-hybridized carbons (Fsp3) is 0.692. The number of carbonyl (C=O) groups excluding carboxylic acids is 1. The summed E-state index contributed by atoms with van der Waals surface area (Å²) in [5.41, 5.74) is 0.875. The summed E-state index contributed by atoms with van der Waals surface area (Å²) in [5.74, 6) is 1.82. The number of rotatable bonds is 8. The maximum atomic E-state index is 11.1. The Bertz CT molecular complexity index is 1060. The van der Waals surface area contributed by atoms with Crippen molar-refractivity contribution in [1.29, 1.82) is 0 Å². The molecule has 0 bridgehead atoms. The molecule has 37 heavy (non-hydrogen) atoms. The van der Waals surface area contributed by atoms with Crippen molar-refractivity contribution in [2.24, 2.45) is 5.92 Å². The number of tetrazole rings is 1. The number of carbonyl (C=O) groups is 1. The first kappa shape index (κ1) is 30.7. The normalized spacial score (nSPS) is 15.7. The van der Waals surface area contributed by atoms with E-state index in [1.807, 2.05) is 65.8 Å². The van der Waals surface area contributed by atoms with Crippen molar-refractivity contribution >= 4 is 16.0 Å². The lowest BCUT2D eigenvalue weighted by molar-refractivity contribution is -0.152. The summed E-state index contributed by atoms with van der Waals surface area (Å²) in [6, 6.07) is 7.56. The Morgan fingerprint density at radius 1 is 1.00 bits per heavy atom. The first-order valence-corrected chi connectivity index (χ1v) is 14.6. The molecule has 1 heterocycles. The average molecular weight is 538 g/mol. The summed E-state index contributed by atoms with van der Waals surface area (Å²) in [6.07, 6.45) is 6.47. The first-order valence-electron chi connectivity index (χ1n) is 13.1. The summed E-state index contributed by atoms with van der Waals surface area (Å²) in [5, 5.41) is 12.2. The molecule has 0 amide bonds. The second-order valence-corrected chi connectivity index (χ2v) is 12.3. The highest BCUT2D eigenvalue weighted by molar-refractivity contribution is 7.90. The van der Waals surface area contributed by atoms with E-state index >= 15 is 0 Å². The largest absolute Gasteiger partial charge is 0.497 e. The van der Waals surface area contributed by atoms with Gasteiger partial charge in [0.1, 0.15) is 11.9 Å². The molecule has 0 aliphatic heterocycles. The van der Waals surface area contributed by atoms with E-state index in [2.05, 4.69) is 20.1 Å². The zero-order chi connectivity index (χ0) is 27.6. The first-order chi connectivity index (χ1) is 17.4. The molecule has 0 radical (unpaired) electrons. The monoisotopic (exact) mass is 537 g/mol. The van der Waals surface area contributed by atoms with E-state index in [9.17, 15) is 13.2 Å². The van der Waals surface area contributed by atoms with E-state index in [0.29, 0.717) is 0 Å². The Labute approximate surface area is 221 Å². The number of aromatic nitrogens is 4. The second-order valence-electron chi connectivity index (χ2n) is 10.3. The predicted molar refractivity (Wildman–Crippen MR) is 143 cm³/mol. The topological polar surface area (TPSA) is 125 Å². The lowest BCUT2D eigenvalue weighted by atomic mass is 10.2. The minimum Gasteiger partial charge on any atom is -0.497 e. The van der Waals surface area contributed by atoms with Gasteiger partial charge in [0, 0.05) is 12.0 Å². The number of nitrogens with one attached hydrogen (secondary N) is 1. The lowest BCUT2D eigenvalue weighted by Crippen LogP contribution is -2.32. The molecule has 4 rings (SSSR count). The van der Waals surface area contributed by atoms with Crippen molar-refractivity contribution in [2.45, 2.75) is 103 Å². The number of hydrogen-bond acceptors (Lipinski definition) is 8. The number of ether oxygens (including phenoxy) is 2. The third-order valence-corrected chi connectivity index (χ3v) is 7.82. The zero-order valence-corrected chi connectivity index (χ0v) is 24.0. The Morgan fingerprint density at radius 2 is 1.59 bits per heavy atom. The smallest absolute Gasteiger partial charge is 0.308 e. The highest BCUT2D eigenvalue weighted by Crippen LogP contribution is 2.27. The van der Waals surface area contributed by atoms with Crippen LogP contribution in [-0.4, -0.2) is 59.1 Å². The minimum absolute atomic E-state index is 0.0237. The van der Waals surface area contributed by atoms with E-state index in [0.717, 1.165) is 42.9 Å². The molecule has 0 saturated heterocycles. The molecule has 2 saturated carbocycles. The minimum atomic E-state index is -2.94. The van der Waals surface area contributed by atoms with Gasteiger partial charge >= 0.3 is 5.97 Å². The molecule has 2 aliphatic rings. The standard InChI is InChI=1S/C11H14N4O.C9H16O2.C6H13NO2S/c1-8(2)11-12-14-15(13-11)9-4-6-10(16-3)7-5-9;1-7(2)9(10)11-8-5-3-4-6-8;1-5(2)7-10(8,9)6-3-4-6/h4-8H,1-3H3;7-8H,3-6H2,1-2H3;5-7H,3-4H2,1-2H3. The van der Waals surface area contributed by atoms with Crippen molar-refractivity contribution in [1.82, 2.24) is 24.9 Å². The molecule has 1 aromatic heterocycles. The third-order valence-electron chi connectivity index (χ3n) is 5.67. The number of methoxy groups -OCH3 is 1. The molecule has 0 atom stereocenters. The van der Waals surface area contributed by atoms with Crippen LogP contribution in [0.2, 0.25) is 0 Å². The fourth-order valence-electron chi connectivity index (χ4n) is 3.39. The number of nitrogens with zero attached hydrogens (tertiary/aromatic N) is 4. The van der Waals surface area contributed by atoms with E-state index in [1.165, 1.54) is 17.6 Å². The van der Waals surface area contributed by atoms with Gasteiger partial charge in [0.05, 0.1) is 24.0 Å². The Balaban J connectivity index is 0.000000203. The van der Waals surface area contributed by atoms with E-state index in [-0.39, 0.29) is 35.2 Å². The van der Waals surface area contributed by atoms with Gasteiger partial charge < -0.3 is 9.47 Å². The number of benzene rings is 1. The van der Waals surface area contributed by atoms with Crippen molar-refractivity contribution in [3.05, 3.63) is 30.1 Å². The van der Waals surface area contributed by atoms with Crippen molar-refractivity contribution in [2.75, 3.05) is 7.11 Å². The van der Waals surface area contributed by atoms with Gasteiger partial charge in [-0.2, -0.15) is 0 Å². The zero-order valence-electron chi connectivity index (χ0n) is 23.2. The molecule has 2 aromatic rings. The number of esters is 1. The van der Waals surface area contributed by atoms with Crippen LogP contribution in [-0.2, 0) is 19.6 Å². The molecule has 0 spiro atoms. The quantitative estimate of drug-likeness (QED) is 0.491. The number of hydrogen-bond donors (Lipinski definition) is 1. The van der Waals surface area contributed by atoms with Gasteiger partial charge in [-0.1, -0.05) is 27.7 Å². The average Bonchev–Trinajstić information content (AvgIpc) is 3.38. The highest BCUT2D eigenvalue weighted by Gasteiger charge is 2.35. The molecule has 208 valence electrons. The van der Waals surface area contributed by atoms with Gasteiger partial charge in [0.25, 0.3) is 0 Å². The Hall–Kier alpha value is -2.53. The maximum Gasteiger partial charge on any atom is 0.308 e. The molecule has 11 heteroatoms. The van der Waals surface area contributed by atoms with Crippen LogP contribution in [0.1, 0.15) is 91.8 Å². The molecule has 2 aliphatic carbocycles. The van der Waals surface area contributed by atoms with Gasteiger partial charge in [-0.3, -0.25) is 4.79 Å². The maximum absolute atomic E-state index is 11.1. The second kappa shape index (κ2) is 14.4. The molecular weight excluding hydrogens is 494 g/mol. The van der Waals surface area contributed by atoms with Gasteiger partial charge in [-0.05, 0) is 81.9 Å². The van der Waals surface area contributed by atoms with Crippen LogP contribution in [0.4, 0.5) is 0 Å². The van der Waals surface area contributed by atoms with E-state index in [4.69, 9.17) is 9.47 Å². The molecule has 1 aromatic carbocycles. The van der Waals surface area contributed by atoms with E-state index < -0.39 is 10.0 Å². The summed E-state index contributed by atoms with van der Waals surface area (Å²) in [7, 11) is -1.30. The van der Waals surface area contributed by atoms with Crippen molar-refractivity contribution in [3.8, 4) is 11.4 Å².